The Bertz CT molecular complexity index is 512. The van der Waals surface area contributed by atoms with Crippen LogP contribution in [0, 0.1) is 5.82 Å². The van der Waals surface area contributed by atoms with E-state index in [1.807, 2.05) is 0 Å². The topological polar surface area (TPSA) is 55.6 Å². The van der Waals surface area contributed by atoms with Gasteiger partial charge in [-0.1, -0.05) is 17.7 Å². The highest BCUT2D eigenvalue weighted by Crippen LogP contribution is 2.34. The minimum absolute atomic E-state index is 0.0328. The van der Waals surface area contributed by atoms with E-state index in [1.54, 1.807) is 18.1 Å². The molecule has 6 heteroatoms. The third-order valence-corrected chi connectivity index (χ3v) is 4.13. The van der Waals surface area contributed by atoms with Crippen molar-refractivity contribution in [2.45, 2.75) is 31.3 Å². The molecule has 0 aliphatic carbocycles. The molecule has 2 N–H and O–H groups in total. The highest BCUT2D eigenvalue weighted by Gasteiger charge is 2.33. The van der Waals surface area contributed by atoms with E-state index < -0.39 is 5.82 Å². The summed E-state index contributed by atoms with van der Waals surface area (Å²) in [7, 11) is 1.59. The number of benzene rings is 1. The normalized spacial score (nSPS) is 23.2. The van der Waals surface area contributed by atoms with Crippen molar-refractivity contribution in [1.29, 1.82) is 0 Å². The molecule has 2 unspecified atom stereocenters. The second kappa shape index (κ2) is 7.20. The third kappa shape index (κ3) is 3.73. The van der Waals surface area contributed by atoms with Crippen LogP contribution in [0.4, 0.5) is 4.39 Å². The van der Waals surface area contributed by atoms with Crippen LogP contribution in [0.2, 0.25) is 5.02 Å². The van der Waals surface area contributed by atoms with Gasteiger partial charge < -0.3 is 15.4 Å². The van der Waals surface area contributed by atoms with E-state index in [1.165, 1.54) is 12.1 Å². The molecule has 21 heavy (non-hydrogen) atoms. The van der Waals surface area contributed by atoms with Crippen molar-refractivity contribution in [3.05, 3.63) is 34.6 Å². The minimum Gasteiger partial charge on any atom is -0.383 e. The van der Waals surface area contributed by atoms with Gasteiger partial charge in [0, 0.05) is 31.1 Å². The van der Waals surface area contributed by atoms with Crippen molar-refractivity contribution in [3.8, 4) is 0 Å². The quantitative estimate of drug-likeness (QED) is 0.929. The van der Waals surface area contributed by atoms with Gasteiger partial charge in [-0.3, -0.25) is 4.79 Å². The van der Waals surface area contributed by atoms with Gasteiger partial charge in [0.25, 0.3) is 0 Å². The van der Waals surface area contributed by atoms with Gasteiger partial charge in [-0.05, 0) is 30.5 Å². The number of likely N-dealkylation sites (tertiary alicyclic amines) is 1. The molecule has 1 aliphatic rings. The summed E-state index contributed by atoms with van der Waals surface area (Å²) >= 11 is 6.16. The van der Waals surface area contributed by atoms with Gasteiger partial charge in [0.2, 0.25) is 5.91 Å². The van der Waals surface area contributed by atoms with Crippen LogP contribution in [0.25, 0.3) is 0 Å². The molecule has 4 nitrogen and oxygen atoms in total. The van der Waals surface area contributed by atoms with E-state index in [-0.39, 0.29) is 18.0 Å². The van der Waals surface area contributed by atoms with E-state index in [0.717, 1.165) is 12.8 Å². The number of hydrogen-bond donors (Lipinski definition) is 1. The first kappa shape index (κ1) is 16.2. The zero-order valence-electron chi connectivity index (χ0n) is 12.0. The summed E-state index contributed by atoms with van der Waals surface area (Å²) in [5.74, 6) is -0.369. The van der Waals surface area contributed by atoms with E-state index in [0.29, 0.717) is 30.2 Å². The Morgan fingerprint density at radius 2 is 2.29 bits per heavy atom. The zero-order chi connectivity index (χ0) is 15.4. The predicted molar refractivity (Wildman–Crippen MR) is 79.6 cm³/mol. The molecule has 0 radical (unpaired) electrons. The Morgan fingerprint density at radius 3 is 2.95 bits per heavy atom. The van der Waals surface area contributed by atoms with Gasteiger partial charge in [-0.25, -0.2) is 4.39 Å². The van der Waals surface area contributed by atoms with Crippen LogP contribution in [0.1, 0.15) is 30.9 Å². The van der Waals surface area contributed by atoms with Gasteiger partial charge in [-0.15, -0.1) is 0 Å². The Kier molecular flexibility index (Phi) is 5.56. The molecule has 1 heterocycles. The fraction of sp³-hybridized carbons (Fsp3) is 0.533. The van der Waals surface area contributed by atoms with Crippen LogP contribution in [-0.4, -0.2) is 37.1 Å². The Labute approximate surface area is 129 Å². The fourth-order valence-electron chi connectivity index (χ4n) is 2.77. The molecule has 1 aliphatic heterocycles. The second-order valence-electron chi connectivity index (χ2n) is 5.25. The molecule has 1 aromatic rings. The van der Waals surface area contributed by atoms with E-state index >= 15 is 0 Å². The first-order chi connectivity index (χ1) is 10.0. The molecular formula is C15H20ClFN2O2. The zero-order valence-corrected chi connectivity index (χ0v) is 12.8. The molecule has 1 amide bonds. The molecular weight excluding hydrogens is 295 g/mol. The summed E-state index contributed by atoms with van der Waals surface area (Å²) in [6.07, 6.45) is 1.94. The van der Waals surface area contributed by atoms with Crippen LogP contribution < -0.4 is 5.73 Å². The summed E-state index contributed by atoms with van der Waals surface area (Å²) < 4.78 is 18.3. The summed E-state index contributed by atoms with van der Waals surface area (Å²) in [4.78, 5) is 14.0. The number of hydrogen-bond acceptors (Lipinski definition) is 3. The Balaban J connectivity index is 2.38. The van der Waals surface area contributed by atoms with Crippen molar-refractivity contribution in [1.82, 2.24) is 4.90 Å². The largest absolute Gasteiger partial charge is 0.383 e. The van der Waals surface area contributed by atoms with E-state index in [2.05, 4.69) is 0 Å². The van der Waals surface area contributed by atoms with Crippen molar-refractivity contribution in [2.75, 3.05) is 20.3 Å². The lowest BCUT2D eigenvalue weighted by molar-refractivity contribution is -0.134. The molecule has 2 atom stereocenters. The average Bonchev–Trinajstić information content (AvgIpc) is 2.56. The summed E-state index contributed by atoms with van der Waals surface area (Å²) in [5, 5.41) is 0.299. The average molecular weight is 315 g/mol. The first-order valence-electron chi connectivity index (χ1n) is 7.03. The predicted octanol–water partition coefficient (Wildman–Crippen LogP) is 2.51. The van der Waals surface area contributed by atoms with Gasteiger partial charge >= 0.3 is 0 Å². The van der Waals surface area contributed by atoms with Gasteiger partial charge in [-0.2, -0.15) is 0 Å². The maximum atomic E-state index is 13.3. The maximum Gasteiger partial charge on any atom is 0.223 e. The Morgan fingerprint density at radius 1 is 1.52 bits per heavy atom. The molecule has 1 fully saturated rings. The molecule has 1 saturated heterocycles. The smallest absolute Gasteiger partial charge is 0.223 e. The van der Waals surface area contributed by atoms with Crippen LogP contribution >= 0.6 is 11.6 Å². The first-order valence-corrected chi connectivity index (χ1v) is 7.41. The van der Waals surface area contributed by atoms with E-state index in [4.69, 9.17) is 22.1 Å². The fourth-order valence-corrected chi connectivity index (χ4v) is 3.05. The number of halogens is 2. The molecule has 0 bridgehead atoms. The van der Waals surface area contributed by atoms with Crippen molar-refractivity contribution in [2.24, 2.45) is 5.73 Å². The lowest BCUT2D eigenvalue weighted by Crippen LogP contribution is -2.43. The van der Waals surface area contributed by atoms with Gasteiger partial charge in [0.15, 0.2) is 0 Å². The lowest BCUT2D eigenvalue weighted by atomic mass is 9.96. The number of carbonyl (C=O) groups excluding carboxylic acids is 1. The maximum absolute atomic E-state index is 13.3. The number of methoxy groups -OCH3 is 1. The number of carbonyl (C=O) groups is 1. The van der Waals surface area contributed by atoms with Crippen LogP contribution in [-0.2, 0) is 9.53 Å². The second-order valence-corrected chi connectivity index (χ2v) is 5.65. The van der Waals surface area contributed by atoms with Crippen molar-refractivity contribution >= 4 is 17.5 Å². The number of amides is 1. The lowest BCUT2D eigenvalue weighted by Gasteiger charge is -2.34. The summed E-state index contributed by atoms with van der Waals surface area (Å²) in [5.41, 5.74) is 6.95. The van der Waals surface area contributed by atoms with Gasteiger partial charge in [0.1, 0.15) is 5.82 Å². The van der Waals surface area contributed by atoms with E-state index in [9.17, 15) is 9.18 Å². The number of nitrogens with two attached hydrogens (primary N) is 1. The summed E-state index contributed by atoms with van der Waals surface area (Å²) in [6, 6.07) is 3.64. The third-order valence-electron chi connectivity index (χ3n) is 3.81. The summed E-state index contributed by atoms with van der Waals surface area (Å²) in [6.45, 7) is 0.870. The van der Waals surface area contributed by atoms with Crippen LogP contribution in [0.15, 0.2) is 18.2 Å². The molecule has 2 rings (SSSR count). The SMILES string of the molecule is COCCN1C(=O)CCCC(N)C1c1ccc(F)cc1Cl. The Hall–Kier alpha value is -1.17. The van der Waals surface area contributed by atoms with Crippen molar-refractivity contribution < 1.29 is 13.9 Å². The minimum atomic E-state index is -0.402. The van der Waals surface area contributed by atoms with Crippen LogP contribution in [0.3, 0.4) is 0 Å². The standard InChI is InChI=1S/C15H20ClFN2O2/c1-21-8-7-19-14(20)4-2-3-13(18)15(19)11-6-5-10(17)9-12(11)16/h5-6,9,13,15H,2-4,7-8,18H2,1H3. The molecule has 116 valence electrons. The number of nitrogens with zero attached hydrogens (tertiary/aromatic N) is 1. The number of rotatable bonds is 4. The highest BCUT2D eigenvalue weighted by atomic mass is 35.5. The molecule has 0 spiro atoms. The monoisotopic (exact) mass is 314 g/mol. The molecule has 0 aromatic heterocycles. The highest BCUT2D eigenvalue weighted by molar-refractivity contribution is 6.31. The molecule has 0 saturated carbocycles. The van der Waals surface area contributed by atoms with Gasteiger partial charge in [0.05, 0.1) is 12.6 Å². The number of ether oxygens (including phenoxy) is 1. The van der Waals surface area contributed by atoms with Crippen LogP contribution in [0.5, 0.6) is 0 Å². The molecule has 1 aromatic carbocycles. The van der Waals surface area contributed by atoms with Crippen molar-refractivity contribution in [3.63, 3.8) is 0 Å².